The van der Waals surface area contributed by atoms with Crippen LogP contribution < -0.4 is 0 Å². The lowest BCUT2D eigenvalue weighted by molar-refractivity contribution is 0.0839. The molecule has 642 valence electrons. The number of hydrogen-bond donors (Lipinski definition) is 0. The minimum atomic E-state index is -1.31. The summed E-state index contributed by atoms with van der Waals surface area (Å²) < 4.78 is 0. The Morgan fingerprint density at radius 2 is 0.446 bits per heavy atom. The van der Waals surface area contributed by atoms with Crippen LogP contribution in [0.3, 0.4) is 0 Å². The third-order valence-electron chi connectivity index (χ3n) is 27.7. The van der Waals surface area contributed by atoms with Crippen LogP contribution in [0.5, 0.6) is 0 Å². The highest BCUT2D eigenvalue weighted by molar-refractivity contribution is 5.71. The monoisotopic (exact) mass is 1690 g/mol. The molecule has 0 N–H and O–H groups in total. The van der Waals surface area contributed by atoms with Crippen molar-refractivity contribution in [2.75, 3.05) is 0 Å². The predicted molar refractivity (Wildman–Crippen MR) is 537 cm³/mol. The molecule has 0 saturated carbocycles. The topological polar surface area (TPSA) is 119 Å². The molecule has 0 aliphatic heterocycles. The first-order valence-corrected chi connectivity index (χ1v) is 47.3. The van der Waals surface area contributed by atoms with Crippen molar-refractivity contribution < 1.29 is 0 Å². The van der Waals surface area contributed by atoms with Gasteiger partial charge in [0.2, 0.25) is 0 Å². The van der Waals surface area contributed by atoms with Gasteiger partial charge >= 0.3 is 0 Å². The summed E-state index contributed by atoms with van der Waals surface area (Å²) in [6, 6.07) is 148. The molecule has 5 nitrogen and oxygen atoms in total. The minimum Gasteiger partial charge on any atom is -0.192 e. The van der Waals surface area contributed by atoms with Crippen LogP contribution in [0.1, 0.15) is 240 Å². The zero-order valence-electron chi connectivity index (χ0n) is 76.1. The van der Waals surface area contributed by atoms with Gasteiger partial charge in [-0.2, -0.15) is 26.3 Å². The second kappa shape index (κ2) is 44.0. The first-order valence-electron chi connectivity index (χ1n) is 47.3. The summed E-state index contributed by atoms with van der Waals surface area (Å²) in [6.07, 6.45) is 18.2. The van der Waals surface area contributed by atoms with E-state index < -0.39 is 34.5 Å². The third-order valence-corrected chi connectivity index (χ3v) is 27.7. The van der Waals surface area contributed by atoms with Crippen LogP contribution in [0.4, 0.5) is 0 Å². The van der Waals surface area contributed by atoms with Crippen LogP contribution in [0.25, 0.3) is 55.6 Å². The highest BCUT2D eigenvalue weighted by Gasteiger charge is 2.65. The smallest absolute Gasteiger partial charge is 0.0991 e. The number of nitrogens with zero attached hydrogens (tertiary/aromatic N) is 5. The van der Waals surface area contributed by atoms with Gasteiger partial charge in [0.1, 0.15) is 0 Å². The molecule has 6 unspecified atom stereocenters. The number of hydrogen-bond acceptors (Lipinski definition) is 5. The molecule has 15 rings (SSSR count). The molecule has 0 saturated heterocycles. The van der Waals surface area contributed by atoms with Crippen LogP contribution in [-0.4, -0.2) is 0 Å². The van der Waals surface area contributed by atoms with E-state index in [4.69, 9.17) is 0 Å². The Morgan fingerprint density at radius 1 is 0.208 bits per heavy atom. The van der Waals surface area contributed by atoms with Gasteiger partial charge < -0.3 is 0 Å². The zero-order chi connectivity index (χ0) is 90.0. The van der Waals surface area contributed by atoms with E-state index >= 15 is 0 Å². The number of unbranched alkanes of at least 4 members (excludes halogenated alkanes) is 6. The van der Waals surface area contributed by atoms with E-state index in [1.165, 1.54) is 53.5 Å². The summed E-state index contributed by atoms with van der Waals surface area (Å²) in [7, 11) is 0. The van der Waals surface area contributed by atoms with E-state index in [1.54, 1.807) is 0 Å². The van der Waals surface area contributed by atoms with Crippen LogP contribution >= 0.6 is 0 Å². The SMILES string of the molecule is CCCCCCc1ccc(-c2ccc(C(CC(c3ccc(C#N)cc3)c3ccc(-c4ccc(CCC)cc4)cc3)(C(Cc3ccc(C#N)cc3)c3ccc(-c4ccc(CC)cc4)cc3)C(c3ccc(C#N)cc3)(C(Cc3ccc(C#N)cc3)c3ccc(-c4ccc(CCCC)cc4)cc3)C(Cc3ccc(C#N)cc3)c3ccc(-c4ccc(CCCCC)cc4)cc3)cc2)cc1. The lowest BCUT2D eigenvalue weighted by atomic mass is 9.38. The van der Waals surface area contributed by atoms with E-state index in [2.05, 4.69) is 380 Å². The molecule has 0 aliphatic rings. The molecular weight excluding hydrogens is 1570 g/mol. The first kappa shape index (κ1) is 90.5. The quantitative estimate of drug-likeness (QED) is 0.0356. The van der Waals surface area contributed by atoms with Crippen LogP contribution in [0.15, 0.2) is 364 Å². The van der Waals surface area contributed by atoms with Gasteiger partial charge in [0, 0.05) is 16.7 Å². The molecular formula is C125H117N5. The van der Waals surface area contributed by atoms with Crippen molar-refractivity contribution in [2.45, 2.75) is 191 Å². The highest BCUT2D eigenvalue weighted by atomic mass is 14.7. The molecule has 0 amide bonds. The molecule has 0 heterocycles. The molecule has 0 radical (unpaired) electrons. The molecule has 0 fully saturated rings. The Hall–Kier alpha value is -14.3. The molecule has 130 heavy (non-hydrogen) atoms. The highest BCUT2D eigenvalue weighted by Crippen LogP contribution is 2.69. The Bertz CT molecular complexity index is 6310. The number of nitriles is 5. The standard InChI is InChI=1S/C125H117N5/c1-6-11-14-16-20-94-41-55-107(56-42-94)112-75-79-118(80-76-112)124(121(81-95-21-27-98(85-126)28-22-95)115-69-61-109(62-70-115)103-47-33-90(10-5)34-48-103,84-120(113-57-43-101(88-129)44-58-113)114-67-59-108(60-68-114)104-49-35-91(17-9-4)36-50-104)125(119-77-45-102(89-130)46-78-119,122(82-96-23-29-99(86-127)30-24-96)116-71-63-110(64-72-116)105-51-37-92(38-52-105)18-13-8-3)123(83-97-25-31-100(87-128)32-26-97)117-73-65-111(66-74-117)106-53-39-93(40-54-106)19-15-12-7-2/h21-80,120-123H,6-20,81-84H2,1-5H3. The molecule has 0 aliphatic carbocycles. The van der Waals surface area contributed by atoms with Crippen molar-refractivity contribution in [3.63, 3.8) is 0 Å². The molecule has 0 bridgehead atoms. The van der Waals surface area contributed by atoms with Gasteiger partial charge in [0.25, 0.3) is 0 Å². The van der Waals surface area contributed by atoms with Crippen molar-refractivity contribution in [3.8, 4) is 86.0 Å². The summed E-state index contributed by atoms with van der Waals surface area (Å²) >= 11 is 0. The fourth-order valence-corrected chi connectivity index (χ4v) is 20.5. The average Bonchev–Trinajstić information content (AvgIpc) is 0.676. The van der Waals surface area contributed by atoms with Crippen molar-refractivity contribution in [2.24, 2.45) is 0 Å². The molecule has 5 heteroatoms. The van der Waals surface area contributed by atoms with Crippen LogP contribution in [0.2, 0.25) is 0 Å². The van der Waals surface area contributed by atoms with Gasteiger partial charge in [-0.3, -0.25) is 0 Å². The Kier molecular flexibility index (Phi) is 30.6. The Labute approximate surface area is 773 Å². The number of benzene rings is 15. The largest absolute Gasteiger partial charge is 0.192 e. The second-order valence-electron chi connectivity index (χ2n) is 35.7. The second-order valence-corrected chi connectivity index (χ2v) is 35.7. The van der Waals surface area contributed by atoms with Crippen molar-refractivity contribution >= 4 is 0 Å². The lowest BCUT2D eigenvalue weighted by Gasteiger charge is -2.63. The molecule has 15 aromatic carbocycles. The normalized spacial score (nSPS) is 13.0. The van der Waals surface area contributed by atoms with Gasteiger partial charge in [-0.1, -0.05) is 383 Å². The first-order chi connectivity index (χ1) is 63.9. The van der Waals surface area contributed by atoms with E-state index in [9.17, 15) is 26.3 Å². The fraction of sp³-hybridized carbons (Fsp3) is 0.240. The molecule has 0 aromatic heterocycles. The van der Waals surface area contributed by atoms with Gasteiger partial charge in [-0.15, -0.1) is 0 Å². The van der Waals surface area contributed by atoms with E-state index in [0.717, 1.165) is 182 Å². The van der Waals surface area contributed by atoms with Crippen LogP contribution in [0, 0.1) is 56.7 Å². The fourth-order valence-electron chi connectivity index (χ4n) is 20.5. The van der Waals surface area contributed by atoms with Crippen molar-refractivity contribution in [3.05, 3.63) is 475 Å². The Balaban J connectivity index is 1.16. The molecule has 15 aromatic rings. The molecule has 0 spiro atoms. The third kappa shape index (κ3) is 21.1. The zero-order valence-corrected chi connectivity index (χ0v) is 76.1. The van der Waals surface area contributed by atoms with Crippen molar-refractivity contribution in [1.82, 2.24) is 0 Å². The predicted octanol–water partition coefficient (Wildman–Crippen LogP) is 31.6. The summed E-state index contributed by atoms with van der Waals surface area (Å²) in [6.45, 7) is 11.2. The van der Waals surface area contributed by atoms with Gasteiger partial charge in [-0.05, 0) is 295 Å². The maximum absolute atomic E-state index is 11.5. The van der Waals surface area contributed by atoms with E-state index in [0.29, 0.717) is 53.5 Å². The van der Waals surface area contributed by atoms with E-state index in [1.807, 2.05) is 48.5 Å². The van der Waals surface area contributed by atoms with Crippen molar-refractivity contribution in [1.29, 1.82) is 26.3 Å². The number of aryl methyl sites for hydroxylation is 5. The summed E-state index contributed by atoms with van der Waals surface area (Å²) in [5.74, 6) is -2.13. The molecule has 6 atom stereocenters. The summed E-state index contributed by atoms with van der Waals surface area (Å²) in [5.41, 5.74) is 28.2. The maximum atomic E-state index is 11.5. The summed E-state index contributed by atoms with van der Waals surface area (Å²) in [4.78, 5) is 0. The summed E-state index contributed by atoms with van der Waals surface area (Å²) in [5, 5.41) is 55.2. The minimum absolute atomic E-state index is 0.413. The lowest BCUT2D eigenvalue weighted by Crippen LogP contribution is -2.61. The average molecular weight is 1690 g/mol. The Morgan fingerprint density at radius 3 is 0.769 bits per heavy atom. The number of rotatable bonds is 39. The maximum Gasteiger partial charge on any atom is 0.0991 e. The van der Waals surface area contributed by atoms with Gasteiger partial charge in [-0.25, -0.2) is 0 Å². The van der Waals surface area contributed by atoms with Gasteiger partial charge in [0.15, 0.2) is 0 Å². The van der Waals surface area contributed by atoms with Crippen LogP contribution in [-0.2, 0) is 62.2 Å². The van der Waals surface area contributed by atoms with Gasteiger partial charge in [0.05, 0.1) is 58.2 Å². The van der Waals surface area contributed by atoms with E-state index in [-0.39, 0.29) is 0 Å².